The lowest BCUT2D eigenvalue weighted by Gasteiger charge is -2.32. The third-order valence-electron chi connectivity index (χ3n) is 3.16. The summed E-state index contributed by atoms with van der Waals surface area (Å²) < 4.78 is 30.7. The highest BCUT2D eigenvalue weighted by atomic mass is 19.1. The predicted molar refractivity (Wildman–Crippen MR) is 86.1 cm³/mol. The lowest BCUT2D eigenvalue weighted by atomic mass is 10.1. The summed E-state index contributed by atoms with van der Waals surface area (Å²) in [7, 11) is 0. The Bertz CT molecular complexity index is 622. The van der Waals surface area contributed by atoms with Crippen LogP contribution in [-0.4, -0.2) is 31.5 Å². The zero-order chi connectivity index (χ0) is 17.2. The molecule has 5 nitrogen and oxygen atoms in total. The maximum atomic E-state index is 14.7. The van der Waals surface area contributed by atoms with Crippen LogP contribution in [0.15, 0.2) is 18.7 Å². The van der Waals surface area contributed by atoms with Gasteiger partial charge >= 0.3 is 6.09 Å². The van der Waals surface area contributed by atoms with E-state index in [0.717, 1.165) is 0 Å². The molecule has 6 heteroatoms. The van der Waals surface area contributed by atoms with Crippen molar-refractivity contribution in [2.75, 3.05) is 24.7 Å². The fourth-order valence-electron chi connectivity index (χ4n) is 2.23. The van der Waals surface area contributed by atoms with Gasteiger partial charge in [0.2, 0.25) is 0 Å². The predicted octanol–water partition coefficient (Wildman–Crippen LogP) is 3.97. The van der Waals surface area contributed by atoms with Crippen LogP contribution in [0.4, 0.5) is 14.9 Å². The number of nitrogens with zero attached hydrogens (tertiary/aromatic N) is 1. The molecule has 0 unspecified atom stereocenters. The quantitative estimate of drug-likeness (QED) is 0.790. The van der Waals surface area contributed by atoms with Crippen molar-refractivity contribution in [3.05, 3.63) is 30.1 Å². The second kappa shape index (κ2) is 6.48. The molecule has 0 saturated carbocycles. The third-order valence-corrected chi connectivity index (χ3v) is 3.16. The van der Waals surface area contributed by atoms with Crippen molar-refractivity contribution in [1.29, 1.82) is 0 Å². The van der Waals surface area contributed by atoms with Gasteiger partial charge in [-0.3, -0.25) is 4.90 Å². The first kappa shape index (κ1) is 17.1. The van der Waals surface area contributed by atoms with E-state index in [1.807, 2.05) is 0 Å². The molecule has 1 aliphatic rings. The Kier molecular flexibility index (Phi) is 4.82. The molecule has 0 saturated heterocycles. The molecule has 1 aliphatic heterocycles. The Hall–Kier alpha value is -2.24. The van der Waals surface area contributed by atoms with Gasteiger partial charge in [-0.2, -0.15) is 0 Å². The number of ether oxygens (including phenoxy) is 3. The third kappa shape index (κ3) is 3.75. The second-order valence-corrected chi connectivity index (χ2v) is 6.11. The van der Waals surface area contributed by atoms with E-state index in [0.29, 0.717) is 18.8 Å². The lowest BCUT2D eigenvalue weighted by molar-refractivity contribution is 0.0567. The molecule has 1 aromatic rings. The summed E-state index contributed by atoms with van der Waals surface area (Å²) in [4.78, 5) is 13.7. The molecule has 0 fully saturated rings. The van der Waals surface area contributed by atoms with Crippen LogP contribution in [0.1, 0.15) is 33.3 Å². The zero-order valence-corrected chi connectivity index (χ0v) is 13.9. The number of anilines is 1. The van der Waals surface area contributed by atoms with Crippen LogP contribution in [0.3, 0.4) is 0 Å². The van der Waals surface area contributed by atoms with E-state index >= 15 is 0 Å². The van der Waals surface area contributed by atoms with E-state index in [1.54, 1.807) is 33.8 Å². The molecule has 1 amide bonds. The van der Waals surface area contributed by atoms with E-state index in [2.05, 4.69) is 6.58 Å². The first-order valence-corrected chi connectivity index (χ1v) is 7.52. The first-order valence-electron chi connectivity index (χ1n) is 7.52. The number of carbonyl (C=O) groups is 1. The van der Waals surface area contributed by atoms with Crippen LogP contribution in [-0.2, 0) is 9.47 Å². The molecular weight excluding hydrogens is 301 g/mol. The van der Waals surface area contributed by atoms with Gasteiger partial charge < -0.3 is 14.2 Å². The van der Waals surface area contributed by atoms with Crippen molar-refractivity contribution in [2.45, 2.75) is 33.3 Å². The van der Waals surface area contributed by atoms with Crippen molar-refractivity contribution in [3.8, 4) is 5.75 Å². The molecule has 0 atom stereocenters. The fourth-order valence-corrected chi connectivity index (χ4v) is 2.23. The minimum absolute atomic E-state index is 0.0143. The molecule has 2 rings (SSSR count). The van der Waals surface area contributed by atoms with Gasteiger partial charge in [-0.05, 0) is 39.8 Å². The first-order chi connectivity index (χ1) is 10.7. The van der Waals surface area contributed by atoms with Crippen LogP contribution < -0.4 is 9.64 Å². The van der Waals surface area contributed by atoms with Gasteiger partial charge in [0, 0.05) is 0 Å². The summed E-state index contributed by atoms with van der Waals surface area (Å²) in [5.41, 5.74) is -0.0650. The average Bonchev–Trinajstić information content (AvgIpc) is 2.45. The average molecular weight is 323 g/mol. The monoisotopic (exact) mass is 323 g/mol. The van der Waals surface area contributed by atoms with Crippen molar-refractivity contribution < 1.29 is 23.4 Å². The molecule has 23 heavy (non-hydrogen) atoms. The van der Waals surface area contributed by atoms with Crippen molar-refractivity contribution in [3.63, 3.8) is 0 Å². The number of rotatable bonds is 3. The molecule has 0 bridgehead atoms. The molecule has 126 valence electrons. The maximum Gasteiger partial charge on any atom is 0.415 e. The van der Waals surface area contributed by atoms with Gasteiger partial charge in [0.1, 0.15) is 18.0 Å². The molecule has 0 aromatic heterocycles. The van der Waals surface area contributed by atoms with Crippen LogP contribution in [0.5, 0.6) is 5.75 Å². The number of carbonyl (C=O) groups excluding carboxylic acids is 1. The van der Waals surface area contributed by atoms with Crippen LogP contribution in [0, 0.1) is 5.82 Å². The van der Waals surface area contributed by atoms with Gasteiger partial charge in [0.15, 0.2) is 11.6 Å². The summed E-state index contributed by atoms with van der Waals surface area (Å²) in [5, 5.41) is 0. The minimum atomic E-state index is -0.628. The molecule has 1 aromatic carbocycles. The minimum Gasteiger partial charge on any atom is -0.494 e. The van der Waals surface area contributed by atoms with Gasteiger partial charge in [-0.15, -0.1) is 0 Å². The molecule has 0 spiro atoms. The number of halogens is 1. The lowest BCUT2D eigenvalue weighted by Crippen LogP contribution is -2.41. The van der Waals surface area contributed by atoms with E-state index in [-0.39, 0.29) is 23.7 Å². The topological polar surface area (TPSA) is 48.0 Å². The van der Waals surface area contributed by atoms with E-state index in [4.69, 9.17) is 14.2 Å². The Labute approximate surface area is 135 Å². The fraction of sp³-hybridized carbons (Fsp3) is 0.471. The molecule has 0 aliphatic carbocycles. The summed E-state index contributed by atoms with van der Waals surface area (Å²) in [6.07, 6.45) is -0.530. The standard InChI is InChI=1S/C17H22FNO4/c1-6-21-11(2)12-7-8-13-15(14(12)18)22-10-9-19(13)16(20)23-17(3,4)5/h7-8H,2,6,9-10H2,1,3-5H3. The summed E-state index contributed by atoms with van der Waals surface area (Å²) >= 11 is 0. The van der Waals surface area contributed by atoms with Crippen LogP contribution in [0.2, 0.25) is 0 Å². The Balaban J connectivity index is 2.35. The Morgan fingerprint density at radius 1 is 1.43 bits per heavy atom. The van der Waals surface area contributed by atoms with Crippen LogP contribution in [0.25, 0.3) is 5.76 Å². The maximum absolute atomic E-state index is 14.7. The number of amides is 1. The van der Waals surface area contributed by atoms with Crippen LogP contribution >= 0.6 is 0 Å². The smallest absolute Gasteiger partial charge is 0.415 e. The van der Waals surface area contributed by atoms with Gasteiger partial charge in [-0.25, -0.2) is 9.18 Å². The number of hydrogen-bond donors (Lipinski definition) is 0. The zero-order valence-electron chi connectivity index (χ0n) is 13.9. The van der Waals surface area contributed by atoms with Crippen molar-refractivity contribution in [2.24, 2.45) is 0 Å². The number of fused-ring (bicyclic) bond motifs is 1. The summed E-state index contributed by atoms with van der Waals surface area (Å²) in [6, 6.07) is 3.14. The Morgan fingerprint density at radius 2 is 2.13 bits per heavy atom. The highest BCUT2D eigenvalue weighted by Gasteiger charge is 2.31. The molecule has 1 heterocycles. The highest BCUT2D eigenvalue weighted by molar-refractivity contribution is 5.91. The van der Waals surface area contributed by atoms with E-state index < -0.39 is 17.5 Å². The SMILES string of the molecule is C=C(OCC)c1ccc2c(c1F)OCCN2C(=O)OC(C)(C)C. The molecule has 0 N–H and O–H groups in total. The summed E-state index contributed by atoms with van der Waals surface area (Å²) in [6.45, 7) is 11.7. The summed E-state index contributed by atoms with van der Waals surface area (Å²) in [5.74, 6) is -0.347. The second-order valence-electron chi connectivity index (χ2n) is 6.11. The van der Waals surface area contributed by atoms with Crippen molar-refractivity contribution in [1.82, 2.24) is 0 Å². The van der Waals surface area contributed by atoms with E-state index in [1.165, 1.54) is 11.0 Å². The van der Waals surface area contributed by atoms with Crippen molar-refractivity contribution >= 4 is 17.5 Å². The van der Waals surface area contributed by atoms with Gasteiger partial charge in [0.05, 0.1) is 24.4 Å². The largest absolute Gasteiger partial charge is 0.494 e. The highest BCUT2D eigenvalue weighted by Crippen LogP contribution is 2.38. The number of benzene rings is 1. The van der Waals surface area contributed by atoms with Gasteiger partial charge in [0.25, 0.3) is 0 Å². The molecule has 0 radical (unpaired) electrons. The Morgan fingerprint density at radius 3 is 2.74 bits per heavy atom. The normalized spacial score (nSPS) is 13.9. The van der Waals surface area contributed by atoms with Gasteiger partial charge in [-0.1, -0.05) is 6.58 Å². The number of hydrogen-bond acceptors (Lipinski definition) is 4. The van der Waals surface area contributed by atoms with E-state index in [9.17, 15) is 9.18 Å². The molecular formula is C17H22FNO4.